The minimum Gasteiger partial charge on any atom is -0.382 e. The van der Waals surface area contributed by atoms with Crippen molar-refractivity contribution in [2.45, 2.75) is 27.2 Å². The highest BCUT2D eigenvalue weighted by Gasteiger charge is 1.92. The number of nitrogens with zero attached hydrogens (tertiary/aromatic N) is 1. The van der Waals surface area contributed by atoms with E-state index in [0.717, 1.165) is 45.2 Å². The van der Waals surface area contributed by atoms with Gasteiger partial charge in [-0.05, 0) is 27.2 Å². The van der Waals surface area contributed by atoms with Crippen LogP contribution in [0.2, 0.25) is 0 Å². The molecule has 0 unspecified atom stereocenters. The molecule has 0 rings (SSSR count). The first kappa shape index (κ1) is 17.4. The molecule has 0 bridgehead atoms. The van der Waals surface area contributed by atoms with E-state index in [1.54, 1.807) is 0 Å². The fourth-order valence-corrected chi connectivity index (χ4v) is 1.01. The number of hydrogen-bond donors (Lipinski definition) is 2. The second-order valence-corrected chi connectivity index (χ2v) is 2.84. The maximum atomic E-state index is 5.23. The predicted molar refractivity (Wildman–Crippen MR) is 76.2 cm³/mol. The van der Waals surface area contributed by atoms with Gasteiger partial charge in [-0.2, -0.15) is 0 Å². The summed E-state index contributed by atoms with van der Waals surface area (Å²) in [6, 6.07) is 0. The molecule has 0 aliphatic heterocycles. The second-order valence-electron chi connectivity index (χ2n) is 2.84. The van der Waals surface area contributed by atoms with Crippen molar-refractivity contribution in [3.05, 3.63) is 0 Å². The summed E-state index contributed by atoms with van der Waals surface area (Å²) in [7, 11) is 0. The molecule has 0 saturated carbocycles. The summed E-state index contributed by atoms with van der Waals surface area (Å²) in [5.41, 5.74) is 0. The summed E-state index contributed by atoms with van der Waals surface area (Å²) in [6.07, 6.45) is 0.980. The van der Waals surface area contributed by atoms with Crippen molar-refractivity contribution >= 4 is 29.9 Å². The van der Waals surface area contributed by atoms with Crippen LogP contribution in [0.5, 0.6) is 0 Å². The van der Waals surface area contributed by atoms with E-state index in [-0.39, 0.29) is 24.0 Å². The molecule has 0 aromatic heterocycles. The zero-order chi connectivity index (χ0) is 10.6. The average Bonchev–Trinajstić information content (AvgIpc) is 2.18. The Hall–Kier alpha value is -0.0400. The van der Waals surface area contributed by atoms with Crippen molar-refractivity contribution < 1.29 is 4.74 Å². The minimum absolute atomic E-state index is 0. The molecule has 0 aromatic rings. The topological polar surface area (TPSA) is 45.7 Å². The van der Waals surface area contributed by atoms with Gasteiger partial charge in [0.05, 0.1) is 0 Å². The van der Waals surface area contributed by atoms with Crippen LogP contribution in [0.3, 0.4) is 0 Å². The van der Waals surface area contributed by atoms with Gasteiger partial charge < -0.3 is 15.4 Å². The Labute approximate surface area is 110 Å². The van der Waals surface area contributed by atoms with Crippen molar-refractivity contribution in [2.24, 2.45) is 4.99 Å². The summed E-state index contributed by atoms with van der Waals surface area (Å²) in [6.45, 7) is 10.3. The lowest BCUT2D eigenvalue weighted by Crippen LogP contribution is -2.37. The number of halogens is 1. The Morgan fingerprint density at radius 1 is 1.13 bits per heavy atom. The van der Waals surface area contributed by atoms with Crippen molar-refractivity contribution in [2.75, 3.05) is 32.8 Å². The van der Waals surface area contributed by atoms with Crippen LogP contribution >= 0.6 is 24.0 Å². The quantitative estimate of drug-likeness (QED) is 0.323. The lowest BCUT2D eigenvalue weighted by molar-refractivity contribution is 0.146. The minimum atomic E-state index is 0. The summed E-state index contributed by atoms with van der Waals surface area (Å²) in [5.74, 6) is 0.895. The van der Waals surface area contributed by atoms with E-state index in [2.05, 4.69) is 29.5 Å². The van der Waals surface area contributed by atoms with Crippen LogP contribution in [0.1, 0.15) is 27.2 Å². The molecular weight excluding hydrogens is 305 g/mol. The first-order chi connectivity index (χ1) is 6.85. The zero-order valence-electron chi connectivity index (χ0n) is 10.0. The summed E-state index contributed by atoms with van der Waals surface area (Å²) in [5, 5.41) is 6.35. The number of aliphatic imine (C=N–C) groups is 1. The van der Waals surface area contributed by atoms with Gasteiger partial charge in [-0.25, -0.2) is 0 Å². The Kier molecular flexibility index (Phi) is 16.2. The first-order valence-corrected chi connectivity index (χ1v) is 5.45. The SMILES string of the molecule is CCNC(=NCCCOCC)NCC.I. The van der Waals surface area contributed by atoms with Gasteiger partial charge in [0.25, 0.3) is 0 Å². The van der Waals surface area contributed by atoms with Crippen LogP contribution in [-0.4, -0.2) is 38.8 Å². The van der Waals surface area contributed by atoms with E-state index in [1.165, 1.54) is 0 Å². The van der Waals surface area contributed by atoms with E-state index >= 15 is 0 Å². The average molecular weight is 329 g/mol. The molecule has 4 nitrogen and oxygen atoms in total. The Balaban J connectivity index is 0. The number of nitrogens with one attached hydrogen (secondary N) is 2. The third kappa shape index (κ3) is 11.9. The Bertz CT molecular complexity index is 146. The molecule has 0 aliphatic rings. The second kappa shape index (κ2) is 14.0. The van der Waals surface area contributed by atoms with Crippen molar-refractivity contribution in [3.63, 3.8) is 0 Å². The predicted octanol–water partition coefficient (Wildman–Crippen LogP) is 1.61. The highest BCUT2D eigenvalue weighted by atomic mass is 127. The normalized spacial score (nSPS) is 9.00. The summed E-state index contributed by atoms with van der Waals surface area (Å²) < 4.78 is 5.23. The van der Waals surface area contributed by atoms with Gasteiger partial charge in [-0.1, -0.05) is 0 Å². The van der Waals surface area contributed by atoms with E-state index < -0.39 is 0 Å². The molecule has 0 saturated heterocycles. The number of hydrogen-bond acceptors (Lipinski definition) is 2. The maximum Gasteiger partial charge on any atom is 0.191 e. The highest BCUT2D eigenvalue weighted by molar-refractivity contribution is 14.0. The molecule has 0 aliphatic carbocycles. The van der Waals surface area contributed by atoms with Crippen molar-refractivity contribution in [1.29, 1.82) is 0 Å². The van der Waals surface area contributed by atoms with E-state index in [4.69, 9.17) is 4.74 Å². The molecule has 5 heteroatoms. The highest BCUT2D eigenvalue weighted by Crippen LogP contribution is 1.84. The molecule has 0 amide bonds. The number of ether oxygens (including phenoxy) is 1. The maximum absolute atomic E-state index is 5.23. The molecule has 15 heavy (non-hydrogen) atoms. The van der Waals surface area contributed by atoms with Gasteiger partial charge in [0.1, 0.15) is 0 Å². The Morgan fingerprint density at radius 2 is 1.73 bits per heavy atom. The molecule has 0 aromatic carbocycles. The van der Waals surface area contributed by atoms with Gasteiger partial charge in [-0.15, -0.1) is 24.0 Å². The van der Waals surface area contributed by atoms with Crippen LogP contribution in [-0.2, 0) is 4.74 Å². The molecule has 2 N–H and O–H groups in total. The van der Waals surface area contributed by atoms with Gasteiger partial charge in [0.15, 0.2) is 5.96 Å². The molecule has 0 radical (unpaired) electrons. The third-order valence-corrected chi connectivity index (χ3v) is 1.61. The van der Waals surface area contributed by atoms with E-state index in [0.29, 0.717) is 0 Å². The largest absolute Gasteiger partial charge is 0.382 e. The number of rotatable bonds is 7. The fraction of sp³-hybridized carbons (Fsp3) is 0.900. The fourth-order valence-electron chi connectivity index (χ4n) is 1.01. The third-order valence-electron chi connectivity index (χ3n) is 1.61. The summed E-state index contributed by atoms with van der Waals surface area (Å²) >= 11 is 0. The van der Waals surface area contributed by atoms with Crippen LogP contribution in [0, 0.1) is 0 Å². The van der Waals surface area contributed by atoms with Gasteiger partial charge in [0, 0.05) is 32.8 Å². The summed E-state index contributed by atoms with van der Waals surface area (Å²) in [4.78, 5) is 4.39. The van der Waals surface area contributed by atoms with Crippen molar-refractivity contribution in [1.82, 2.24) is 10.6 Å². The molecular formula is C10H24IN3O. The monoisotopic (exact) mass is 329 g/mol. The van der Waals surface area contributed by atoms with Crippen LogP contribution in [0.15, 0.2) is 4.99 Å². The van der Waals surface area contributed by atoms with Crippen molar-refractivity contribution in [3.8, 4) is 0 Å². The molecule has 0 heterocycles. The Morgan fingerprint density at radius 3 is 2.20 bits per heavy atom. The van der Waals surface area contributed by atoms with Crippen LogP contribution < -0.4 is 10.6 Å². The van der Waals surface area contributed by atoms with Gasteiger partial charge in [-0.3, -0.25) is 4.99 Å². The van der Waals surface area contributed by atoms with E-state index in [9.17, 15) is 0 Å². The van der Waals surface area contributed by atoms with Gasteiger partial charge in [0.2, 0.25) is 0 Å². The van der Waals surface area contributed by atoms with Gasteiger partial charge >= 0.3 is 0 Å². The zero-order valence-corrected chi connectivity index (χ0v) is 12.3. The molecule has 0 fully saturated rings. The molecule has 0 atom stereocenters. The lowest BCUT2D eigenvalue weighted by atomic mass is 10.4. The smallest absolute Gasteiger partial charge is 0.191 e. The molecule has 0 spiro atoms. The van der Waals surface area contributed by atoms with E-state index in [1.807, 2.05) is 6.92 Å². The van der Waals surface area contributed by atoms with Crippen LogP contribution in [0.4, 0.5) is 0 Å². The number of guanidine groups is 1. The standard InChI is InChI=1S/C10H23N3O.HI/c1-4-11-10(12-5-2)13-8-7-9-14-6-3;/h4-9H2,1-3H3,(H2,11,12,13);1H. The lowest BCUT2D eigenvalue weighted by Gasteiger charge is -2.08. The molecule has 92 valence electrons. The van der Waals surface area contributed by atoms with Crippen LogP contribution in [0.25, 0.3) is 0 Å². The first-order valence-electron chi connectivity index (χ1n) is 5.45.